The zero-order valence-electron chi connectivity index (χ0n) is 20.9. The van der Waals surface area contributed by atoms with Gasteiger partial charge in [0.25, 0.3) is 0 Å². The lowest BCUT2D eigenvalue weighted by Crippen LogP contribution is -2.36. The molecule has 0 unspecified atom stereocenters. The number of aromatic nitrogens is 2. The van der Waals surface area contributed by atoms with E-state index in [0.717, 1.165) is 62.9 Å². The van der Waals surface area contributed by atoms with Crippen molar-refractivity contribution in [3.8, 4) is 28.1 Å². The highest BCUT2D eigenvalue weighted by Gasteiger charge is 2.19. The van der Waals surface area contributed by atoms with Gasteiger partial charge in [-0.25, -0.2) is 4.98 Å². The molecule has 0 atom stereocenters. The van der Waals surface area contributed by atoms with Crippen LogP contribution < -0.4 is 10.1 Å². The standard InChI is InChI=1S/C30H32ClN3O2/c1-20-17-23(31)12-13-26(20)22-11-15-28-33-30(21-7-6-10-25(18-21)36-2)27(34(28)19-22)14-16-29(35)32-24-8-4-3-5-9-24/h6-7,10-13,15,17-19,24H,3-5,8-9,14,16H2,1-2H3,(H,32,35). The SMILES string of the molecule is COc1cccc(-c2nc3ccc(-c4ccc(Cl)cc4C)cn3c2CCC(=O)NC2CCCCC2)c1. The van der Waals surface area contributed by atoms with Gasteiger partial charge in [0.2, 0.25) is 5.91 Å². The van der Waals surface area contributed by atoms with Gasteiger partial charge in [-0.1, -0.05) is 49.1 Å². The van der Waals surface area contributed by atoms with Crippen LogP contribution in [0.3, 0.4) is 0 Å². The number of nitrogens with one attached hydrogen (secondary N) is 1. The highest BCUT2D eigenvalue weighted by molar-refractivity contribution is 6.30. The summed E-state index contributed by atoms with van der Waals surface area (Å²) in [5.41, 5.74) is 7.05. The Kier molecular flexibility index (Phi) is 7.28. The Labute approximate surface area is 217 Å². The number of imidazole rings is 1. The molecule has 5 rings (SSSR count). The number of ether oxygens (including phenoxy) is 1. The molecule has 2 heterocycles. The minimum Gasteiger partial charge on any atom is -0.497 e. The van der Waals surface area contributed by atoms with Gasteiger partial charge in [-0.3, -0.25) is 4.79 Å². The number of rotatable bonds is 7. The summed E-state index contributed by atoms with van der Waals surface area (Å²) >= 11 is 6.20. The maximum absolute atomic E-state index is 12.9. The van der Waals surface area contributed by atoms with E-state index in [9.17, 15) is 4.79 Å². The van der Waals surface area contributed by atoms with Crippen LogP contribution in [0.2, 0.25) is 5.02 Å². The second kappa shape index (κ2) is 10.8. The molecule has 5 nitrogen and oxygen atoms in total. The van der Waals surface area contributed by atoms with Crippen molar-refractivity contribution < 1.29 is 9.53 Å². The normalized spacial score (nSPS) is 14.2. The van der Waals surface area contributed by atoms with Crippen LogP contribution in [0.25, 0.3) is 28.0 Å². The molecule has 1 aliphatic carbocycles. The first-order valence-electron chi connectivity index (χ1n) is 12.7. The first kappa shape index (κ1) is 24.4. The summed E-state index contributed by atoms with van der Waals surface area (Å²) < 4.78 is 7.59. The Morgan fingerprint density at radius 1 is 1.08 bits per heavy atom. The van der Waals surface area contributed by atoms with Gasteiger partial charge in [0.05, 0.1) is 18.5 Å². The van der Waals surface area contributed by atoms with Crippen molar-refractivity contribution in [3.63, 3.8) is 0 Å². The monoisotopic (exact) mass is 501 g/mol. The van der Waals surface area contributed by atoms with E-state index in [4.69, 9.17) is 21.3 Å². The molecule has 2 aromatic carbocycles. The molecule has 1 aliphatic rings. The van der Waals surface area contributed by atoms with Crippen LogP contribution in [0.1, 0.15) is 49.8 Å². The molecule has 186 valence electrons. The van der Waals surface area contributed by atoms with Crippen LogP contribution >= 0.6 is 11.6 Å². The predicted molar refractivity (Wildman–Crippen MR) is 146 cm³/mol. The lowest BCUT2D eigenvalue weighted by molar-refractivity contribution is -0.122. The summed E-state index contributed by atoms with van der Waals surface area (Å²) in [6.45, 7) is 2.07. The summed E-state index contributed by atoms with van der Waals surface area (Å²) in [5.74, 6) is 0.890. The Bertz CT molecular complexity index is 1390. The maximum Gasteiger partial charge on any atom is 0.220 e. The van der Waals surface area contributed by atoms with E-state index in [-0.39, 0.29) is 5.91 Å². The molecule has 0 bridgehead atoms. The zero-order valence-corrected chi connectivity index (χ0v) is 21.6. The van der Waals surface area contributed by atoms with Gasteiger partial charge in [-0.05, 0) is 79.3 Å². The summed E-state index contributed by atoms with van der Waals surface area (Å²) in [7, 11) is 1.67. The summed E-state index contributed by atoms with van der Waals surface area (Å²) in [6.07, 6.45) is 8.97. The van der Waals surface area contributed by atoms with Crippen LogP contribution in [0, 0.1) is 6.92 Å². The van der Waals surface area contributed by atoms with Gasteiger partial charge in [0.15, 0.2) is 0 Å². The van der Waals surface area contributed by atoms with Gasteiger partial charge in [0.1, 0.15) is 11.4 Å². The van der Waals surface area contributed by atoms with E-state index in [1.165, 1.54) is 19.3 Å². The van der Waals surface area contributed by atoms with Gasteiger partial charge in [-0.2, -0.15) is 0 Å². The van der Waals surface area contributed by atoms with Crippen molar-refractivity contribution in [2.45, 2.75) is 57.9 Å². The van der Waals surface area contributed by atoms with Crippen molar-refractivity contribution in [3.05, 3.63) is 77.1 Å². The third-order valence-corrected chi connectivity index (χ3v) is 7.35. The quantitative estimate of drug-likeness (QED) is 0.296. The number of carbonyl (C=O) groups is 1. The third kappa shape index (κ3) is 5.26. The molecule has 1 saturated carbocycles. The molecule has 0 radical (unpaired) electrons. The molecule has 36 heavy (non-hydrogen) atoms. The number of carbonyl (C=O) groups excluding carboxylic acids is 1. The molecule has 1 N–H and O–H groups in total. The fourth-order valence-electron chi connectivity index (χ4n) is 5.22. The average molecular weight is 502 g/mol. The molecule has 2 aromatic heterocycles. The Hall–Kier alpha value is -3.31. The molecule has 4 aromatic rings. The number of benzene rings is 2. The number of halogens is 1. The fraction of sp³-hybridized carbons (Fsp3) is 0.333. The van der Waals surface area contributed by atoms with Crippen molar-refractivity contribution in [1.82, 2.24) is 14.7 Å². The lowest BCUT2D eigenvalue weighted by Gasteiger charge is -2.22. The molecular formula is C30H32ClN3O2. The van der Waals surface area contributed by atoms with Crippen LogP contribution in [-0.4, -0.2) is 28.4 Å². The zero-order chi connectivity index (χ0) is 25.1. The second-order valence-electron chi connectivity index (χ2n) is 9.65. The lowest BCUT2D eigenvalue weighted by atomic mass is 9.95. The summed E-state index contributed by atoms with van der Waals surface area (Å²) in [5, 5.41) is 3.98. The van der Waals surface area contributed by atoms with Crippen LogP contribution in [0.4, 0.5) is 0 Å². The van der Waals surface area contributed by atoms with E-state index >= 15 is 0 Å². The van der Waals surface area contributed by atoms with Crippen LogP contribution in [0.5, 0.6) is 5.75 Å². The van der Waals surface area contributed by atoms with Gasteiger partial charge >= 0.3 is 0 Å². The summed E-state index contributed by atoms with van der Waals surface area (Å²) in [4.78, 5) is 17.9. The largest absolute Gasteiger partial charge is 0.497 e. The highest BCUT2D eigenvalue weighted by Crippen LogP contribution is 2.31. The van der Waals surface area contributed by atoms with Crippen molar-refractivity contribution in [2.75, 3.05) is 7.11 Å². The Balaban J connectivity index is 1.52. The molecule has 0 saturated heterocycles. The topological polar surface area (TPSA) is 55.6 Å². The number of fused-ring (bicyclic) bond motifs is 1. The molecule has 0 spiro atoms. The highest BCUT2D eigenvalue weighted by atomic mass is 35.5. The molecule has 6 heteroatoms. The van der Waals surface area contributed by atoms with Gasteiger partial charge < -0.3 is 14.5 Å². The summed E-state index contributed by atoms with van der Waals surface area (Å²) in [6, 6.07) is 18.3. The van der Waals surface area contributed by atoms with E-state index in [1.807, 2.05) is 42.5 Å². The second-order valence-corrected chi connectivity index (χ2v) is 10.1. The van der Waals surface area contributed by atoms with Gasteiger partial charge in [0, 0.05) is 29.2 Å². The number of hydrogen-bond acceptors (Lipinski definition) is 3. The van der Waals surface area contributed by atoms with Crippen molar-refractivity contribution in [2.24, 2.45) is 0 Å². The Morgan fingerprint density at radius 3 is 2.69 bits per heavy atom. The number of hydrogen-bond donors (Lipinski definition) is 1. The van der Waals surface area contributed by atoms with E-state index in [2.05, 4.69) is 35.0 Å². The first-order valence-corrected chi connectivity index (χ1v) is 13.1. The van der Waals surface area contributed by atoms with E-state index in [0.29, 0.717) is 18.9 Å². The molecule has 0 aliphatic heterocycles. The van der Waals surface area contributed by atoms with E-state index < -0.39 is 0 Å². The van der Waals surface area contributed by atoms with Crippen LogP contribution in [-0.2, 0) is 11.2 Å². The number of aryl methyl sites for hydroxylation is 2. The maximum atomic E-state index is 12.9. The number of methoxy groups -OCH3 is 1. The van der Waals surface area contributed by atoms with Crippen molar-refractivity contribution >= 4 is 23.2 Å². The third-order valence-electron chi connectivity index (χ3n) is 7.12. The average Bonchev–Trinajstić information content (AvgIpc) is 3.26. The molecular weight excluding hydrogens is 470 g/mol. The smallest absolute Gasteiger partial charge is 0.220 e. The minimum atomic E-state index is 0.109. The molecule has 1 fully saturated rings. The number of amides is 1. The molecule has 1 amide bonds. The van der Waals surface area contributed by atoms with Gasteiger partial charge in [-0.15, -0.1) is 0 Å². The number of nitrogens with zero attached hydrogens (tertiary/aromatic N) is 2. The van der Waals surface area contributed by atoms with Crippen LogP contribution in [0.15, 0.2) is 60.8 Å². The number of pyridine rings is 1. The minimum absolute atomic E-state index is 0.109. The van der Waals surface area contributed by atoms with Crippen molar-refractivity contribution in [1.29, 1.82) is 0 Å². The first-order chi connectivity index (χ1) is 17.5. The Morgan fingerprint density at radius 2 is 1.92 bits per heavy atom. The fourth-order valence-corrected chi connectivity index (χ4v) is 5.45. The van der Waals surface area contributed by atoms with E-state index in [1.54, 1.807) is 7.11 Å². The predicted octanol–water partition coefficient (Wildman–Crippen LogP) is 7.02.